The van der Waals surface area contributed by atoms with Crippen molar-refractivity contribution >= 4 is 27.6 Å². The molecule has 40 heavy (non-hydrogen) atoms. The molecule has 0 aromatic heterocycles. The average molecular weight is 585 g/mol. The minimum Gasteiger partial charge on any atom is -0.486 e. The van der Waals surface area contributed by atoms with E-state index in [2.05, 4.69) is 0 Å². The fourth-order valence-electron chi connectivity index (χ4n) is 4.42. The number of nitrogens with zero attached hydrogens (tertiary/aromatic N) is 2. The van der Waals surface area contributed by atoms with Gasteiger partial charge in [0.25, 0.3) is 10.0 Å². The Hall–Kier alpha value is -3.32. The second-order valence-corrected chi connectivity index (χ2v) is 12.6. The number of likely N-dealkylation sites (tertiary alicyclic amines) is 1. The van der Waals surface area contributed by atoms with Crippen LogP contribution >= 0.6 is 0 Å². The molecular formula is C27H31F3N2O7S. The average Bonchev–Trinajstić information content (AvgIpc) is 2.81. The SMILES string of the molecule is COC1CN(C(=O)C[C@H]2CN(S(=O)(=O)c3cccc(C(F)(F)F)c3)c3cc(CC(=O)OC(C)(C)C)ccc3O2)C1. The molecule has 1 saturated heterocycles. The highest BCUT2D eigenvalue weighted by Crippen LogP contribution is 2.40. The zero-order chi connectivity index (χ0) is 29.5. The minimum atomic E-state index is -4.75. The maximum absolute atomic E-state index is 13.8. The van der Waals surface area contributed by atoms with Gasteiger partial charge >= 0.3 is 12.1 Å². The number of ether oxygens (including phenoxy) is 3. The number of alkyl halides is 3. The molecule has 1 fully saturated rings. The van der Waals surface area contributed by atoms with E-state index in [1.54, 1.807) is 38.8 Å². The highest BCUT2D eigenvalue weighted by molar-refractivity contribution is 7.92. The van der Waals surface area contributed by atoms with Crippen molar-refractivity contribution in [1.29, 1.82) is 0 Å². The van der Waals surface area contributed by atoms with E-state index < -0.39 is 44.3 Å². The number of rotatable bonds is 7. The summed E-state index contributed by atoms with van der Waals surface area (Å²) in [6.07, 6.45) is -6.04. The molecule has 9 nitrogen and oxygen atoms in total. The van der Waals surface area contributed by atoms with Crippen LogP contribution in [0.4, 0.5) is 18.9 Å². The van der Waals surface area contributed by atoms with Crippen molar-refractivity contribution in [3.63, 3.8) is 0 Å². The first-order valence-corrected chi connectivity index (χ1v) is 14.0. The lowest BCUT2D eigenvalue weighted by Crippen LogP contribution is -2.55. The predicted molar refractivity (Wildman–Crippen MR) is 138 cm³/mol. The summed E-state index contributed by atoms with van der Waals surface area (Å²) in [4.78, 5) is 26.2. The number of benzene rings is 2. The van der Waals surface area contributed by atoms with Gasteiger partial charge in [0.2, 0.25) is 5.91 Å². The maximum atomic E-state index is 13.8. The highest BCUT2D eigenvalue weighted by Gasteiger charge is 2.39. The molecule has 2 heterocycles. The van der Waals surface area contributed by atoms with Gasteiger partial charge in [-0.25, -0.2) is 8.42 Å². The van der Waals surface area contributed by atoms with Crippen molar-refractivity contribution in [2.45, 2.75) is 62.5 Å². The molecule has 2 aliphatic rings. The van der Waals surface area contributed by atoms with E-state index in [1.807, 2.05) is 0 Å². The fraction of sp³-hybridized carbons (Fsp3) is 0.481. The summed E-state index contributed by atoms with van der Waals surface area (Å²) >= 11 is 0. The topological polar surface area (TPSA) is 102 Å². The van der Waals surface area contributed by atoms with Crippen LogP contribution < -0.4 is 9.04 Å². The molecule has 2 aromatic carbocycles. The number of hydrogen-bond acceptors (Lipinski definition) is 7. The summed E-state index contributed by atoms with van der Waals surface area (Å²) in [6.45, 7) is 5.62. The Bertz CT molecular complexity index is 1380. The van der Waals surface area contributed by atoms with E-state index in [9.17, 15) is 31.2 Å². The lowest BCUT2D eigenvalue weighted by atomic mass is 10.1. The number of carbonyl (C=O) groups excluding carboxylic acids is 2. The molecule has 218 valence electrons. The van der Waals surface area contributed by atoms with E-state index >= 15 is 0 Å². The van der Waals surface area contributed by atoms with Gasteiger partial charge in [0.1, 0.15) is 17.5 Å². The quantitative estimate of drug-likeness (QED) is 0.457. The molecule has 0 aliphatic carbocycles. The number of sulfonamides is 1. The van der Waals surface area contributed by atoms with Crippen LogP contribution in [0.5, 0.6) is 5.75 Å². The third kappa shape index (κ3) is 6.69. The van der Waals surface area contributed by atoms with Crippen molar-refractivity contribution in [2.24, 2.45) is 0 Å². The number of anilines is 1. The molecule has 0 radical (unpaired) electrons. The van der Waals surface area contributed by atoms with E-state index in [-0.39, 0.29) is 42.8 Å². The summed E-state index contributed by atoms with van der Waals surface area (Å²) in [5, 5.41) is 0. The van der Waals surface area contributed by atoms with Gasteiger partial charge in [-0.2, -0.15) is 13.2 Å². The number of esters is 1. The van der Waals surface area contributed by atoms with Crippen LogP contribution in [0.25, 0.3) is 0 Å². The second kappa shape index (κ2) is 10.9. The number of amides is 1. The van der Waals surface area contributed by atoms with Gasteiger partial charge in [0.15, 0.2) is 0 Å². The lowest BCUT2D eigenvalue weighted by molar-refractivity contribution is -0.154. The Balaban J connectivity index is 1.67. The summed E-state index contributed by atoms with van der Waals surface area (Å²) in [7, 11) is -2.99. The first-order valence-electron chi connectivity index (χ1n) is 12.6. The van der Waals surface area contributed by atoms with Gasteiger partial charge in [0, 0.05) is 20.2 Å². The maximum Gasteiger partial charge on any atom is 0.416 e. The molecule has 0 saturated carbocycles. The summed E-state index contributed by atoms with van der Waals surface area (Å²) in [5.74, 6) is -0.686. The first kappa shape index (κ1) is 29.7. The fourth-order valence-corrected chi connectivity index (χ4v) is 5.97. The number of halogens is 3. The van der Waals surface area contributed by atoms with Crippen LogP contribution in [-0.4, -0.2) is 69.7 Å². The first-order chi connectivity index (χ1) is 18.6. The molecule has 0 N–H and O–H groups in total. The summed E-state index contributed by atoms with van der Waals surface area (Å²) in [5.41, 5.74) is -1.38. The van der Waals surface area contributed by atoms with Gasteiger partial charge in [0.05, 0.1) is 41.6 Å². The number of methoxy groups -OCH3 is 1. The predicted octanol–water partition coefficient (Wildman–Crippen LogP) is 3.79. The van der Waals surface area contributed by atoms with Crippen molar-refractivity contribution in [2.75, 3.05) is 31.0 Å². The normalized spacial score (nSPS) is 18.0. The van der Waals surface area contributed by atoms with E-state index in [0.717, 1.165) is 22.5 Å². The Morgan fingerprint density at radius 3 is 2.38 bits per heavy atom. The van der Waals surface area contributed by atoms with Crippen LogP contribution in [0, 0.1) is 0 Å². The van der Waals surface area contributed by atoms with Crippen LogP contribution in [0.1, 0.15) is 38.3 Å². The van der Waals surface area contributed by atoms with Gasteiger partial charge in [-0.15, -0.1) is 0 Å². The van der Waals surface area contributed by atoms with Crippen molar-refractivity contribution in [3.8, 4) is 5.75 Å². The van der Waals surface area contributed by atoms with Crippen molar-refractivity contribution < 1.29 is 45.4 Å². The van der Waals surface area contributed by atoms with Crippen LogP contribution in [-0.2, 0) is 41.7 Å². The smallest absolute Gasteiger partial charge is 0.416 e. The molecule has 0 bridgehead atoms. The third-order valence-corrected chi connectivity index (χ3v) is 8.19. The molecule has 2 aliphatic heterocycles. The molecule has 0 unspecified atom stereocenters. The molecular weight excluding hydrogens is 553 g/mol. The van der Waals surface area contributed by atoms with Gasteiger partial charge in [-0.05, 0) is 56.7 Å². The van der Waals surface area contributed by atoms with E-state index in [1.165, 1.54) is 12.1 Å². The van der Waals surface area contributed by atoms with Crippen molar-refractivity contribution in [1.82, 2.24) is 4.90 Å². The zero-order valence-electron chi connectivity index (χ0n) is 22.5. The van der Waals surface area contributed by atoms with E-state index in [0.29, 0.717) is 24.7 Å². The monoisotopic (exact) mass is 584 g/mol. The Labute approximate surface area is 230 Å². The largest absolute Gasteiger partial charge is 0.486 e. The number of hydrogen-bond donors (Lipinski definition) is 0. The Kier molecular flexibility index (Phi) is 8.10. The molecule has 1 amide bonds. The van der Waals surface area contributed by atoms with Gasteiger partial charge in [-0.3, -0.25) is 13.9 Å². The van der Waals surface area contributed by atoms with Crippen LogP contribution in [0.3, 0.4) is 0 Å². The molecule has 4 rings (SSSR count). The molecule has 13 heteroatoms. The second-order valence-electron chi connectivity index (χ2n) is 10.7. The highest BCUT2D eigenvalue weighted by atomic mass is 32.2. The van der Waals surface area contributed by atoms with E-state index in [4.69, 9.17) is 14.2 Å². The lowest BCUT2D eigenvalue weighted by Gasteiger charge is -2.40. The van der Waals surface area contributed by atoms with Crippen LogP contribution in [0.2, 0.25) is 0 Å². The third-order valence-electron chi connectivity index (χ3n) is 6.41. The standard InChI is InChI=1S/C27H31F3N2O7S/c1-26(2,3)39-25(34)11-17-8-9-23-22(10-17)32(16-19(38-23)13-24(33)31-14-20(15-31)37-4)40(35,36)21-7-5-6-18(12-21)27(28,29)30/h5-10,12,19-20H,11,13-16H2,1-4H3/t19-/m0/s1. The summed E-state index contributed by atoms with van der Waals surface area (Å²) in [6, 6.07) is 7.93. The Morgan fingerprint density at radius 1 is 1.05 bits per heavy atom. The summed E-state index contributed by atoms with van der Waals surface area (Å²) < 4.78 is 85.1. The molecule has 1 atom stereocenters. The van der Waals surface area contributed by atoms with Crippen LogP contribution in [0.15, 0.2) is 47.4 Å². The van der Waals surface area contributed by atoms with Gasteiger partial charge < -0.3 is 19.1 Å². The van der Waals surface area contributed by atoms with Gasteiger partial charge in [-0.1, -0.05) is 12.1 Å². The van der Waals surface area contributed by atoms with Crippen molar-refractivity contribution in [3.05, 3.63) is 53.6 Å². The molecule has 2 aromatic rings. The molecule has 0 spiro atoms. The number of carbonyl (C=O) groups is 2. The minimum absolute atomic E-state index is 0.0468. The number of fused-ring (bicyclic) bond motifs is 1. The zero-order valence-corrected chi connectivity index (χ0v) is 23.3. The Morgan fingerprint density at radius 2 is 1.75 bits per heavy atom.